The largest absolute Gasteiger partial charge is 0.356 e. The maximum absolute atomic E-state index is 13.8. The Hall–Kier alpha value is -2.44. The van der Waals surface area contributed by atoms with E-state index in [1.54, 1.807) is 13.2 Å². The van der Waals surface area contributed by atoms with Gasteiger partial charge in [-0.15, -0.1) is 0 Å². The highest BCUT2D eigenvalue weighted by Crippen LogP contribution is 2.18. The molecule has 2 aromatic rings. The molecule has 7 heteroatoms. The van der Waals surface area contributed by atoms with Gasteiger partial charge in [0, 0.05) is 51.1 Å². The maximum Gasteiger partial charge on any atom is 0.190 e. The summed E-state index contributed by atoms with van der Waals surface area (Å²) in [5, 5.41) is 10.5. The topological polar surface area (TPSA) is 54.2 Å². The second-order valence-corrected chi connectivity index (χ2v) is 5.57. The van der Waals surface area contributed by atoms with Crippen LogP contribution in [0, 0.1) is 11.6 Å². The minimum Gasteiger partial charge on any atom is -0.356 e. The smallest absolute Gasteiger partial charge is 0.190 e. The van der Waals surface area contributed by atoms with Gasteiger partial charge in [0.25, 0.3) is 0 Å². The van der Waals surface area contributed by atoms with Gasteiger partial charge in [-0.05, 0) is 24.1 Å². The maximum atomic E-state index is 13.8. The lowest BCUT2D eigenvalue weighted by Crippen LogP contribution is -2.39. The van der Waals surface area contributed by atoms with E-state index in [9.17, 15) is 8.78 Å². The Bertz CT molecular complexity index is 655. The van der Waals surface area contributed by atoms with Gasteiger partial charge in [-0.2, -0.15) is 5.10 Å². The molecule has 0 amide bonds. The molecule has 1 heterocycles. The van der Waals surface area contributed by atoms with E-state index < -0.39 is 11.6 Å². The fourth-order valence-corrected chi connectivity index (χ4v) is 2.36. The summed E-state index contributed by atoms with van der Waals surface area (Å²) in [5.74, 6) is -0.532. The predicted octanol–water partition coefficient (Wildman–Crippen LogP) is 2.52. The lowest BCUT2D eigenvalue weighted by molar-refractivity contribution is 0.553. The molecule has 2 rings (SSSR count). The fraction of sp³-hybridized carbons (Fsp3) is 0.412. The Kier molecular flexibility index (Phi) is 6.72. The van der Waals surface area contributed by atoms with Crippen LogP contribution in [-0.2, 0) is 6.54 Å². The monoisotopic (exact) mass is 335 g/mol. The zero-order valence-electron chi connectivity index (χ0n) is 14.0. The van der Waals surface area contributed by atoms with Crippen molar-refractivity contribution in [2.75, 3.05) is 20.1 Å². The summed E-state index contributed by atoms with van der Waals surface area (Å²) < 4.78 is 28.6. The van der Waals surface area contributed by atoms with Gasteiger partial charge >= 0.3 is 0 Å². The number of nitrogens with zero attached hydrogens (tertiary/aromatic N) is 3. The highest BCUT2D eigenvalue weighted by atomic mass is 19.1. The minimum atomic E-state index is -0.564. The molecule has 0 aliphatic carbocycles. The highest BCUT2D eigenvalue weighted by molar-refractivity contribution is 5.79. The van der Waals surface area contributed by atoms with Crippen LogP contribution in [0.1, 0.15) is 24.8 Å². The van der Waals surface area contributed by atoms with E-state index in [-0.39, 0.29) is 5.92 Å². The molecule has 1 atom stereocenters. The van der Waals surface area contributed by atoms with Crippen molar-refractivity contribution in [2.45, 2.75) is 25.8 Å². The van der Waals surface area contributed by atoms with Crippen molar-refractivity contribution in [3.63, 3.8) is 0 Å². The third-order valence-electron chi connectivity index (χ3n) is 3.71. The van der Waals surface area contributed by atoms with Crippen LogP contribution < -0.4 is 10.6 Å². The van der Waals surface area contributed by atoms with E-state index in [1.807, 2.05) is 23.9 Å². The Balaban J connectivity index is 1.74. The summed E-state index contributed by atoms with van der Waals surface area (Å²) in [6, 6.07) is 5.56. The first-order valence-electron chi connectivity index (χ1n) is 7.97. The van der Waals surface area contributed by atoms with Gasteiger partial charge in [-0.1, -0.05) is 13.0 Å². The van der Waals surface area contributed by atoms with Gasteiger partial charge in [-0.3, -0.25) is 9.67 Å². The van der Waals surface area contributed by atoms with Gasteiger partial charge in [0.05, 0.1) is 0 Å². The number of aryl methyl sites for hydroxylation is 1. The van der Waals surface area contributed by atoms with Crippen LogP contribution >= 0.6 is 0 Å². The van der Waals surface area contributed by atoms with Gasteiger partial charge in [0.15, 0.2) is 5.96 Å². The van der Waals surface area contributed by atoms with E-state index in [1.165, 1.54) is 12.1 Å². The average Bonchev–Trinajstić information content (AvgIpc) is 3.07. The first-order chi connectivity index (χ1) is 11.6. The normalized spacial score (nSPS) is 12.9. The van der Waals surface area contributed by atoms with E-state index >= 15 is 0 Å². The van der Waals surface area contributed by atoms with Gasteiger partial charge in [0.2, 0.25) is 0 Å². The molecule has 2 N–H and O–H groups in total. The number of nitrogens with one attached hydrogen (secondary N) is 2. The molecule has 0 spiro atoms. The summed E-state index contributed by atoms with van der Waals surface area (Å²) in [6.07, 6.45) is 4.58. The second-order valence-electron chi connectivity index (χ2n) is 5.57. The van der Waals surface area contributed by atoms with E-state index in [0.29, 0.717) is 18.1 Å². The number of hydrogen-bond acceptors (Lipinski definition) is 2. The first-order valence-corrected chi connectivity index (χ1v) is 7.97. The van der Waals surface area contributed by atoms with Gasteiger partial charge in [0.1, 0.15) is 11.6 Å². The summed E-state index contributed by atoms with van der Waals surface area (Å²) in [5.41, 5.74) is 0.484. The number of aromatic nitrogens is 2. The quantitative estimate of drug-likeness (QED) is 0.464. The molecule has 1 unspecified atom stereocenters. The summed E-state index contributed by atoms with van der Waals surface area (Å²) in [6.45, 7) is 3.96. The van der Waals surface area contributed by atoms with Crippen LogP contribution in [0.15, 0.2) is 41.7 Å². The number of guanidine groups is 1. The van der Waals surface area contributed by atoms with Gasteiger partial charge < -0.3 is 10.6 Å². The van der Waals surface area contributed by atoms with E-state index in [4.69, 9.17) is 0 Å². The molecular weight excluding hydrogens is 312 g/mol. The summed E-state index contributed by atoms with van der Waals surface area (Å²) in [4.78, 5) is 4.14. The average molecular weight is 335 g/mol. The number of hydrogen-bond donors (Lipinski definition) is 2. The highest BCUT2D eigenvalue weighted by Gasteiger charge is 2.12. The molecule has 0 radical (unpaired) electrons. The van der Waals surface area contributed by atoms with Crippen molar-refractivity contribution in [1.82, 2.24) is 20.4 Å². The van der Waals surface area contributed by atoms with Crippen LogP contribution in [0.25, 0.3) is 0 Å². The molecule has 0 aliphatic heterocycles. The van der Waals surface area contributed by atoms with Crippen molar-refractivity contribution in [2.24, 2.45) is 4.99 Å². The molecule has 0 fully saturated rings. The van der Waals surface area contributed by atoms with Crippen molar-refractivity contribution < 1.29 is 8.78 Å². The Morgan fingerprint density at radius 2 is 2.17 bits per heavy atom. The molecule has 1 aromatic heterocycles. The molecular formula is C17H23F2N5. The van der Waals surface area contributed by atoms with E-state index in [2.05, 4.69) is 20.7 Å². The predicted molar refractivity (Wildman–Crippen MR) is 91.0 cm³/mol. The number of aliphatic imine (C=N–C) groups is 1. The summed E-state index contributed by atoms with van der Waals surface area (Å²) in [7, 11) is 1.69. The Labute approximate surface area is 140 Å². The standard InChI is InChI=1S/C17H23F2N5/c1-13(15-6-5-14(18)11-16(15)19)12-22-17(20-2)21-7-3-9-24-10-4-8-23-24/h4-6,8,10-11,13H,3,7,9,12H2,1-2H3,(H2,20,21,22). The van der Waals surface area contributed by atoms with Crippen LogP contribution in [0.5, 0.6) is 0 Å². The van der Waals surface area contributed by atoms with E-state index in [0.717, 1.165) is 25.6 Å². The number of benzene rings is 1. The van der Waals surface area contributed by atoms with Crippen molar-refractivity contribution in [3.05, 3.63) is 53.9 Å². The molecule has 130 valence electrons. The van der Waals surface area contributed by atoms with Crippen molar-refractivity contribution >= 4 is 5.96 Å². The number of halogens is 2. The SMILES string of the molecule is CN=C(NCCCn1cccn1)NCC(C)c1ccc(F)cc1F. The Morgan fingerprint density at radius 3 is 2.83 bits per heavy atom. The Morgan fingerprint density at radius 1 is 1.33 bits per heavy atom. The molecule has 0 saturated heterocycles. The lowest BCUT2D eigenvalue weighted by Gasteiger charge is -2.17. The third kappa shape index (κ3) is 5.33. The van der Waals surface area contributed by atoms with Gasteiger partial charge in [-0.25, -0.2) is 8.78 Å². The zero-order valence-corrected chi connectivity index (χ0v) is 14.0. The molecule has 5 nitrogen and oxygen atoms in total. The third-order valence-corrected chi connectivity index (χ3v) is 3.71. The first kappa shape index (κ1) is 17.9. The lowest BCUT2D eigenvalue weighted by atomic mass is 10.0. The fourth-order valence-electron chi connectivity index (χ4n) is 2.36. The summed E-state index contributed by atoms with van der Waals surface area (Å²) >= 11 is 0. The van der Waals surface area contributed by atoms with Crippen LogP contribution in [0.4, 0.5) is 8.78 Å². The molecule has 24 heavy (non-hydrogen) atoms. The van der Waals surface area contributed by atoms with Crippen LogP contribution in [0.2, 0.25) is 0 Å². The second kappa shape index (κ2) is 9.00. The zero-order chi connectivity index (χ0) is 17.4. The van der Waals surface area contributed by atoms with Crippen molar-refractivity contribution in [1.29, 1.82) is 0 Å². The minimum absolute atomic E-state index is 0.103. The molecule has 0 saturated carbocycles. The number of rotatable bonds is 7. The van der Waals surface area contributed by atoms with Crippen LogP contribution in [0.3, 0.4) is 0 Å². The molecule has 0 aliphatic rings. The van der Waals surface area contributed by atoms with Crippen LogP contribution in [-0.4, -0.2) is 35.9 Å². The molecule has 0 bridgehead atoms. The van der Waals surface area contributed by atoms with Crippen molar-refractivity contribution in [3.8, 4) is 0 Å². The molecule has 1 aromatic carbocycles.